The third-order valence-electron chi connectivity index (χ3n) is 16.1. The average Bonchev–Trinajstić information content (AvgIpc) is 4.08. The summed E-state index contributed by atoms with van der Waals surface area (Å²) in [5.74, 6) is 10.2. The number of furan rings is 2. The van der Waals surface area contributed by atoms with Crippen LogP contribution >= 0.6 is 0 Å². The van der Waals surface area contributed by atoms with E-state index in [4.69, 9.17) is 8.83 Å². The molecule has 13 aromatic rings. The number of rotatable bonds is 6. The first-order valence-corrected chi connectivity index (χ1v) is 37.7. The van der Waals surface area contributed by atoms with Crippen LogP contribution in [0.1, 0.15) is 0 Å². The van der Waals surface area contributed by atoms with Crippen molar-refractivity contribution in [3.05, 3.63) is 218 Å². The number of hydrogen-bond donors (Lipinski definition) is 0. The van der Waals surface area contributed by atoms with E-state index in [1.54, 1.807) is 8.79 Å². The van der Waals surface area contributed by atoms with E-state index in [2.05, 4.69) is 251 Å². The van der Waals surface area contributed by atoms with Gasteiger partial charge in [0.15, 0.2) is 0 Å². The van der Waals surface area contributed by atoms with Crippen molar-refractivity contribution in [1.82, 2.24) is 0 Å². The van der Waals surface area contributed by atoms with Crippen LogP contribution in [-0.2, 0) is 0 Å². The van der Waals surface area contributed by atoms with Crippen LogP contribution in [0.5, 0.6) is 0 Å². The normalized spacial score (nSPS) is 14.1. The molecule has 0 N–H and O–H groups in total. The van der Waals surface area contributed by atoms with E-state index in [0.29, 0.717) is 0 Å². The van der Waals surface area contributed by atoms with E-state index in [1.165, 1.54) is 53.2 Å². The van der Waals surface area contributed by atoms with E-state index in [0.717, 1.165) is 77.4 Å². The fraction of sp³-hybridized carbons (Fsp3) is 0.0606. The molecule has 0 aliphatic carbocycles. The summed E-state index contributed by atoms with van der Waals surface area (Å²) in [6, 6.07) is 80.8. The van der Waals surface area contributed by atoms with Gasteiger partial charge in [0.2, 0.25) is 0 Å². The number of benzene rings is 11. The van der Waals surface area contributed by atoms with Crippen LogP contribution in [0.15, 0.2) is 227 Å². The molecule has 0 atom stereocenters. The number of nitrogens with zero attached hydrogens (tertiary/aromatic N) is 2. The zero-order chi connectivity index (χ0) is 48.0. The quantitative estimate of drug-likeness (QED) is 0.155. The molecule has 4 nitrogen and oxygen atoms in total. The average molecular weight is 1050 g/mol. The fourth-order valence-corrected chi connectivity index (χ4v) is 27.1. The van der Waals surface area contributed by atoms with Gasteiger partial charge in [0.05, 0.1) is 0 Å². The Bertz CT molecular complexity index is 4140. The number of anilines is 6. The summed E-state index contributed by atoms with van der Waals surface area (Å²) in [6.45, 7) is 0. The van der Waals surface area contributed by atoms with Gasteiger partial charge in [-0.3, -0.25) is 0 Å². The maximum absolute atomic E-state index is 6.76. The van der Waals surface area contributed by atoms with E-state index in [1.807, 2.05) is 0 Å². The van der Waals surface area contributed by atoms with Crippen molar-refractivity contribution in [2.24, 2.45) is 0 Å². The number of para-hydroxylation sites is 2. The number of hydrogen-bond acceptors (Lipinski definition) is 4. The van der Waals surface area contributed by atoms with Crippen LogP contribution in [0.25, 0.3) is 87.7 Å². The van der Waals surface area contributed by atoms with E-state index >= 15 is 0 Å². The molecule has 0 radical (unpaired) electrons. The molecule has 2 aliphatic heterocycles. The van der Waals surface area contributed by atoms with Gasteiger partial charge >= 0.3 is 426 Å². The molecular formula is C66H48Ge2N2O2. The number of fused-ring (bicyclic) bond motifs is 14. The van der Waals surface area contributed by atoms with Crippen LogP contribution < -0.4 is 27.4 Å². The summed E-state index contributed by atoms with van der Waals surface area (Å²) in [5.41, 5.74) is 16.0. The van der Waals surface area contributed by atoms with Crippen molar-refractivity contribution >= 4 is 144 Å². The van der Waals surface area contributed by atoms with E-state index < -0.39 is 26.5 Å². The Balaban J connectivity index is 0.828. The molecule has 0 bridgehead atoms. The Kier molecular flexibility index (Phi) is 8.95. The van der Waals surface area contributed by atoms with Crippen molar-refractivity contribution < 1.29 is 8.83 Å². The summed E-state index contributed by atoms with van der Waals surface area (Å²) in [5, 5.41) is 8.99. The molecule has 15 rings (SSSR count). The summed E-state index contributed by atoms with van der Waals surface area (Å²) >= 11 is -5.33. The van der Waals surface area contributed by atoms with Gasteiger partial charge in [-0.1, -0.05) is 0 Å². The SMILES string of the molecule is [CH3][Ge]1([CH3])[c]2ccccc2-c2cccc(N(c3ccccc3)c3ccc4cc5c(cc4c3)oc3cc4oc6cc7cc(N(c8ccccc8)c8cccc9[c]8[Ge]([CH3])([CH3])[c]8ccccc8-9)ccc7cc6c4cc35)[c]21. The minimum atomic E-state index is -2.67. The summed E-state index contributed by atoms with van der Waals surface area (Å²) in [6.07, 6.45) is 0. The molecule has 0 saturated carbocycles. The van der Waals surface area contributed by atoms with Gasteiger partial charge in [0.25, 0.3) is 0 Å². The zero-order valence-electron chi connectivity index (χ0n) is 40.5. The van der Waals surface area contributed by atoms with Crippen LogP contribution in [0, 0.1) is 0 Å². The van der Waals surface area contributed by atoms with Gasteiger partial charge in [-0.05, 0) is 0 Å². The van der Waals surface area contributed by atoms with Crippen molar-refractivity contribution in [3.8, 4) is 22.3 Å². The predicted molar refractivity (Wildman–Crippen MR) is 310 cm³/mol. The fourth-order valence-electron chi connectivity index (χ4n) is 12.8. The monoisotopic (exact) mass is 1050 g/mol. The molecule has 0 fully saturated rings. The van der Waals surface area contributed by atoms with Gasteiger partial charge in [0, 0.05) is 0 Å². The van der Waals surface area contributed by atoms with Gasteiger partial charge in [0.1, 0.15) is 0 Å². The van der Waals surface area contributed by atoms with Crippen LogP contribution in [-0.4, -0.2) is 26.5 Å². The first-order chi connectivity index (χ1) is 35.2. The molecule has 0 saturated heterocycles. The van der Waals surface area contributed by atoms with Gasteiger partial charge < -0.3 is 0 Å². The summed E-state index contributed by atoms with van der Waals surface area (Å²) in [7, 11) is 0. The molecule has 0 spiro atoms. The Morgan fingerprint density at radius 1 is 0.292 bits per heavy atom. The molecule has 72 heavy (non-hydrogen) atoms. The van der Waals surface area contributed by atoms with E-state index in [-0.39, 0.29) is 0 Å². The second-order valence-corrected chi connectivity index (χ2v) is 38.9. The molecule has 2 aromatic heterocycles. The zero-order valence-corrected chi connectivity index (χ0v) is 44.7. The molecule has 0 unspecified atom stereocenters. The topological polar surface area (TPSA) is 32.8 Å². The van der Waals surface area contributed by atoms with Crippen LogP contribution in [0.4, 0.5) is 34.1 Å². The van der Waals surface area contributed by atoms with E-state index in [9.17, 15) is 0 Å². The molecule has 2 aliphatic rings. The van der Waals surface area contributed by atoms with Crippen LogP contribution in [0.3, 0.4) is 0 Å². The molecule has 0 amide bonds. The van der Waals surface area contributed by atoms with Gasteiger partial charge in [-0.25, -0.2) is 0 Å². The molecular weight excluding hydrogens is 998 g/mol. The van der Waals surface area contributed by atoms with Crippen molar-refractivity contribution in [3.63, 3.8) is 0 Å². The Morgan fingerprint density at radius 3 is 1.14 bits per heavy atom. The first-order valence-electron chi connectivity index (χ1n) is 25.1. The third kappa shape index (κ3) is 6.06. The summed E-state index contributed by atoms with van der Waals surface area (Å²) in [4.78, 5) is 4.94. The Morgan fingerprint density at radius 2 is 0.681 bits per heavy atom. The van der Waals surface area contributed by atoms with Gasteiger partial charge in [-0.2, -0.15) is 0 Å². The molecule has 11 aromatic carbocycles. The minimum absolute atomic E-state index is 0.821. The second-order valence-electron chi connectivity index (χ2n) is 20.9. The van der Waals surface area contributed by atoms with Crippen molar-refractivity contribution in [2.45, 2.75) is 23.0 Å². The molecule has 4 heterocycles. The maximum atomic E-state index is 6.76. The Hall–Kier alpha value is -7.77. The summed E-state index contributed by atoms with van der Waals surface area (Å²) < 4.78 is 19.7. The predicted octanol–water partition coefficient (Wildman–Crippen LogP) is 16.3. The van der Waals surface area contributed by atoms with Gasteiger partial charge in [-0.15, -0.1) is 0 Å². The second kappa shape index (κ2) is 15.4. The van der Waals surface area contributed by atoms with Crippen molar-refractivity contribution in [2.75, 3.05) is 9.80 Å². The van der Waals surface area contributed by atoms with Crippen molar-refractivity contribution in [1.29, 1.82) is 0 Å². The Labute approximate surface area is 423 Å². The third-order valence-corrected chi connectivity index (χ3v) is 31.0. The molecule has 342 valence electrons. The first kappa shape index (κ1) is 42.0. The molecule has 6 heteroatoms. The standard InChI is InChI=1S/C66H48Ge2N2O2/c1-67(2)57-25-13-11-21-49(57)51-23-15-27-59(65(51)67)69(45-17-7-5-8-18-45)47-31-29-41-35-53-55-39-56-54-36-42-30-32-48(34-44(42)38-62(54)72-64(56)40-63(55)71-61(53)37-43(41)33-47)70(46-19-9-6-10-20-46)60-28-16-24-52-50-22-12-14-26-58(50)68(3,4)66(52)60/h5-40H,1-4H3. The van der Waals surface area contributed by atoms with Crippen LogP contribution in [0.2, 0.25) is 23.0 Å².